The van der Waals surface area contributed by atoms with Gasteiger partial charge in [-0.1, -0.05) is 51.1 Å². The number of aliphatic imine (C=N–C) groups is 1. The summed E-state index contributed by atoms with van der Waals surface area (Å²) in [5.74, 6) is 2.93. The molecular weight excluding hydrogens is 300 g/mol. The number of guanidine groups is 1. The Balaban J connectivity index is 1.51. The highest BCUT2D eigenvalue weighted by atomic mass is 16.4. The fourth-order valence-electron chi connectivity index (χ4n) is 2.69. The molecule has 128 valence electrons. The van der Waals surface area contributed by atoms with Crippen LogP contribution < -0.4 is 10.6 Å². The van der Waals surface area contributed by atoms with E-state index in [-0.39, 0.29) is 5.41 Å². The Bertz CT molecular complexity index is 700. The lowest BCUT2D eigenvalue weighted by molar-refractivity contribution is 0.379. The highest BCUT2D eigenvalue weighted by Gasteiger charge is 2.38. The molecule has 1 aliphatic rings. The van der Waals surface area contributed by atoms with Crippen LogP contribution in [0.5, 0.6) is 0 Å². The number of hydrogen-bond donors (Lipinski definition) is 2. The van der Waals surface area contributed by atoms with Crippen molar-refractivity contribution in [3.63, 3.8) is 0 Å². The minimum absolute atomic E-state index is 0.0257. The maximum atomic E-state index is 5.80. The van der Waals surface area contributed by atoms with Gasteiger partial charge < -0.3 is 15.1 Å². The van der Waals surface area contributed by atoms with E-state index < -0.39 is 0 Å². The number of benzene rings is 1. The van der Waals surface area contributed by atoms with E-state index in [4.69, 9.17) is 4.42 Å². The molecule has 1 saturated carbocycles. The van der Waals surface area contributed by atoms with Gasteiger partial charge in [0.1, 0.15) is 5.76 Å². The Labute approximate surface area is 143 Å². The van der Waals surface area contributed by atoms with Crippen molar-refractivity contribution in [1.29, 1.82) is 0 Å². The van der Waals surface area contributed by atoms with Gasteiger partial charge in [0.2, 0.25) is 5.89 Å². The van der Waals surface area contributed by atoms with Gasteiger partial charge in [0.05, 0.1) is 12.7 Å². The zero-order chi connectivity index (χ0) is 17.2. The first-order chi connectivity index (χ1) is 11.5. The van der Waals surface area contributed by atoms with Crippen molar-refractivity contribution < 1.29 is 4.42 Å². The third-order valence-electron chi connectivity index (χ3n) is 4.26. The molecule has 0 bridgehead atoms. The molecule has 1 aromatic heterocycles. The topological polar surface area (TPSA) is 62.5 Å². The number of nitrogens with zero attached hydrogens (tertiary/aromatic N) is 2. The normalized spacial score (nSPS) is 20.8. The summed E-state index contributed by atoms with van der Waals surface area (Å²) in [6, 6.07) is 11.0. The van der Waals surface area contributed by atoms with Gasteiger partial charge in [-0.15, -0.1) is 0 Å². The van der Waals surface area contributed by atoms with Crippen LogP contribution in [0.15, 0.2) is 45.9 Å². The molecule has 0 radical (unpaired) electrons. The molecule has 0 aliphatic heterocycles. The summed E-state index contributed by atoms with van der Waals surface area (Å²) >= 11 is 0. The van der Waals surface area contributed by atoms with E-state index in [0.29, 0.717) is 24.4 Å². The molecule has 1 aliphatic carbocycles. The van der Waals surface area contributed by atoms with E-state index >= 15 is 0 Å². The zero-order valence-electron chi connectivity index (χ0n) is 14.8. The number of oxazole rings is 1. The summed E-state index contributed by atoms with van der Waals surface area (Å²) in [4.78, 5) is 8.63. The van der Waals surface area contributed by atoms with E-state index in [9.17, 15) is 0 Å². The fraction of sp³-hybridized carbons (Fsp3) is 0.474. The van der Waals surface area contributed by atoms with E-state index in [1.54, 1.807) is 13.2 Å². The van der Waals surface area contributed by atoms with Crippen molar-refractivity contribution in [2.24, 2.45) is 4.99 Å². The van der Waals surface area contributed by atoms with Crippen LogP contribution in [-0.2, 0) is 12.0 Å². The van der Waals surface area contributed by atoms with Gasteiger partial charge in [-0.25, -0.2) is 4.98 Å². The molecule has 0 spiro atoms. The van der Waals surface area contributed by atoms with Gasteiger partial charge in [0, 0.05) is 24.4 Å². The second-order valence-corrected chi connectivity index (χ2v) is 7.30. The summed E-state index contributed by atoms with van der Waals surface area (Å²) in [5, 5.41) is 6.74. The molecular formula is C19H26N4O. The first-order valence-corrected chi connectivity index (χ1v) is 8.44. The highest BCUT2D eigenvalue weighted by Crippen LogP contribution is 2.40. The quantitative estimate of drug-likeness (QED) is 0.669. The molecule has 2 atom stereocenters. The van der Waals surface area contributed by atoms with Gasteiger partial charge in [-0.05, 0) is 12.0 Å². The average Bonchev–Trinajstić information content (AvgIpc) is 3.15. The molecule has 1 fully saturated rings. The van der Waals surface area contributed by atoms with E-state index in [2.05, 4.69) is 71.7 Å². The van der Waals surface area contributed by atoms with Crippen molar-refractivity contribution in [2.75, 3.05) is 7.05 Å². The lowest BCUT2D eigenvalue weighted by Crippen LogP contribution is -2.38. The standard InChI is InChI=1S/C19H26N4O/c1-19(2,3)16-11-21-17(24-16)12-22-18(20-4)23-15-10-14(15)13-8-6-5-7-9-13/h5-9,11,14-15H,10,12H2,1-4H3,(H2,20,22,23). The monoisotopic (exact) mass is 326 g/mol. The molecule has 2 N–H and O–H groups in total. The van der Waals surface area contributed by atoms with Gasteiger partial charge in [-0.3, -0.25) is 4.99 Å². The smallest absolute Gasteiger partial charge is 0.213 e. The Kier molecular flexibility index (Phi) is 4.60. The summed E-state index contributed by atoms with van der Waals surface area (Å²) < 4.78 is 5.80. The minimum atomic E-state index is -0.0257. The summed E-state index contributed by atoms with van der Waals surface area (Å²) in [5.41, 5.74) is 1.36. The van der Waals surface area contributed by atoms with Gasteiger partial charge >= 0.3 is 0 Å². The lowest BCUT2D eigenvalue weighted by atomic mass is 9.94. The Morgan fingerprint density at radius 3 is 2.67 bits per heavy atom. The molecule has 0 saturated heterocycles. The van der Waals surface area contributed by atoms with E-state index in [1.165, 1.54) is 5.56 Å². The predicted octanol–water partition coefficient (Wildman–Crippen LogP) is 3.19. The van der Waals surface area contributed by atoms with Crippen LogP contribution in [0.25, 0.3) is 0 Å². The fourth-order valence-corrected chi connectivity index (χ4v) is 2.69. The Morgan fingerprint density at radius 2 is 2.04 bits per heavy atom. The number of nitrogens with one attached hydrogen (secondary N) is 2. The van der Waals surface area contributed by atoms with Crippen molar-refractivity contribution in [1.82, 2.24) is 15.6 Å². The van der Waals surface area contributed by atoms with Crippen LogP contribution in [-0.4, -0.2) is 24.0 Å². The van der Waals surface area contributed by atoms with Crippen molar-refractivity contribution >= 4 is 5.96 Å². The lowest BCUT2D eigenvalue weighted by Gasteiger charge is -2.13. The van der Waals surface area contributed by atoms with E-state index in [0.717, 1.165) is 18.1 Å². The second kappa shape index (κ2) is 6.67. The third kappa shape index (κ3) is 3.96. The van der Waals surface area contributed by atoms with Crippen LogP contribution in [0.4, 0.5) is 0 Å². The number of aromatic nitrogens is 1. The number of hydrogen-bond acceptors (Lipinski definition) is 3. The number of rotatable bonds is 4. The largest absolute Gasteiger partial charge is 0.443 e. The van der Waals surface area contributed by atoms with Gasteiger partial charge in [0.25, 0.3) is 0 Å². The van der Waals surface area contributed by atoms with Gasteiger partial charge in [0.15, 0.2) is 5.96 Å². The Morgan fingerprint density at radius 1 is 1.29 bits per heavy atom. The summed E-state index contributed by atoms with van der Waals surface area (Å²) in [6.07, 6.45) is 2.94. The molecule has 0 amide bonds. The maximum absolute atomic E-state index is 5.80. The molecule has 2 aromatic rings. The first-order valence-electron chi connectivity index (χ1n) is 8.44. The minimum Gasteiger partial charge on any atom is -0.443 e. The Hall–Kier alpha value is -2.30. The molecule has 1 aromatic carbocycles. The van der Waals surface area contributed by atoms with Crippen LogP contribution in [0, 0.1) is 0 Å². The highest BCUT2D eigenvalue weighted by molar-refractivity contribution is 5.80. The van der Waals surface area contributed by atoms with Crippen LogP contribution in [0.2, 0.25) is 0 Å². The van der Waals surface area contributed by atoms with Crippen LogP contribution in [0.1, 0.15) is 50.3 Å². The van der Waals surface area contributed by atoms with Crippen LogP contribution >= 0.6 is 0 Å². The SMILES string of the molecule is CN=C(NCc1ncc(C(C)(C)C)o1)NC1CC1c1ccccc1. The van der Waals surface area contributed by atoms with E-state index in [1.807, 2.05) is 0 Å². The van der Waals surface area contributed by atoms with Crippen molar-refractivity contribution in [3.8, 4) is 0 Å². The first kappa shape index (κ1) is 16.6. The molecule has 5 nitrogen and oxygen atoms in total. The maximum Gasteiger partial charge on any atom is 0.213 e. The van der Waals surface area contributed by atoms with Crippen LogP contribution in [0.3, 0.4) is 0 Å². The molecule has 5 heteroatoms. The summed E-state index contributed by atoms with van der Waals surface area (Å²) in [6.45, 7) is 6.87. The molecule has 1 heterocycles. The third-order valence-corrected chi connectivity index (χ3v) is 4.26. The van der Waals surface area contributed by atoms with Crippen molar-refractivity contribution in [3.05, 3.63) is 53.7 Å². The zero-order valence-corrected chi connectivity index (χ0v) is 14.8. The van der Waals surface area contributed by atoms with Crippen molar-refractivity contribution in [2.45, 2.75) is 51.1 Å². The molecule has 2 unspecified atom stereocenters. The average molecular weight is 326 g/mol. The predicted molar refractivity (Wildman–Crippen MR) is 96.1 cm³/mol. The second-order valence-electron chi connectivity index (χ2n) is 7.30. The van der Waals surface area contributed by atoms with Gasteiger partial charge in [-0.2, -0.15) is 0 Å². The summed E-state index contributed by atoms with van der Waals surface area (Å²) in [7, 11) is 1.78. The molecule has 24 heavy (non-hydrogen) atoms. The molecule has 3 rings (SSSR count).